The van der Waals surface area contributed by atoms with Crippen LogP contribution >= 0.6 is 27.5 Å². The van der Waals surface area contributed by atoms with Gasteiger partial charge in [-0.05, 0) is 42.3 Å². The molecule has 0 aromatic heterocycles. The van der Waals surface area contributed by atoms with Gasteiger partial charge in [-0.2, -0.15) is 0 Å². The standard InChI is InChI=1S/C15H15BrClNO2S/c1-21(19,20)15-5-3-2-4-14(15)18-9-8-11-10-12(17)6-7-13(11)16/h2-7,10,18H,8-9H2,1H3. The average molecular weight is 389 g/mol. The van der Waals surface area contributed by atoms with Crippen LogP contribution < -0.4 is 5.32 Å². The van der Waals surface area contributed by atoms with E-state index in [0.717, 1.165) is 16.5 Å². The van der Waals surface area contributed by atoms with E-state index in [0.29, 0.717) is 22.2 Å². The number of halogens is 2. The molecular formula is C15H15BrClNO2S. The predicted molar refractivity (Wildman–Crippen MR) is 90.9 cm³/mol. The molecule has 0 aliphatic rings. The number of hydrogen-bond donors (Lipinski definition) is 1. The smallest absolute Gasteiger partial charge is 0.177 e. The fourth-order valence-corrected chi connectivity index (χ4v) is 3.51. The van der Waals surface area contributed by atoms with Gasteiger partial charge in [-0.3, -0.25) is 0 Å². The third-order valence-corrected chi connectivity index (χ3v) is 5.17. The Kier molecular flexibility index (Phi) is 5.30. The summed E-state index contributed by atoms with van der Waals surface area (Å²) in [6, 6.07) is 12.5. The molecule has 0 amide bonds. The second kappa shape index (κ2) is 6.81. The normalized spacial score (nSPS) is 11.4. The van der Waals surface area contributed by atoms with Crippen molar-refractivity contribution < 1.29 is 8.42 Å². The fraction of sp³-hybridized carbons (Fsp3) is 0.200. The first-order chi connectivity index (χ1) is 9.88. The third-order valence-electron chi connectivity index (χ3n) is 3.00. The molecule has 0 fully saturated rings. The van der Waals surface area contributed by atoms with Crippen LogP contribution in [0.15, 0.2) is 51.8 Å². The summed E-state index contributed by atoms with van der Waals surface area (Å²) in [7, 11) is -3.24. The largest absolute Gasteiger partial charge is 0.384 e. The van der Waals surface area contributed by atoms with Crippen molar-refractivity contribution in [3.63, 3.8) is 0 Å². The number of benzene rings is 2. The summed E-state index contributed by atoms with van der Waals surface area (Å²) in [5.41, 5.74) is 1.70. The Morgan fingerprint density at radius 1 is 1.19 bits per heavy atom. The van der Waals surface area contributed by atoms with E-state index >= 15 is 0 Å². The van der Waals surface area contributed by atoms with Crippen molar-refractivity contribution in [1.29, 1.82) is 0 Å². The van der Waals surface area contributed by atoms with Crippen molar-refractivity contribution in [3.8, 4) is 0 Å². The van der Waals surface area contributed by atoms with E-state index in [4.69, 9.17) is 11.6 Å². The Bertz CT molecular complexity index is 747. The van der Waals surface area contributed by atoms with Gasteiger partial charge in [-0.25, -0.2) is 8.42 Å². The van der Waals surface area contributed by atoms with Crippen LogP contribution in [0.1, 0.15) is 5.56 Å². The molecule has 3 nitrogen and oxygen atoms in total. The monoisotopic (exact) mass is 387 g/mol. The third kappa shape index (κ3) is 4.46. The zero-order valence-electron chi connectivity index (χ0n) is 11.4. The molecule has 0 radical (unpaired) electrons. The van der Waals surface area contributed by atoms with E-state index in [-0.39, 0.29) is 0 Å². The number of sulfone groups is 1. The summed E-state index contributed by atoms with van der Waals surface area (Å²) in [5.74, 6) is 0. The first kappa shape index (κ1) is 16.3. The lowest BCUT2D eigenvalue weighted by Crippen LogP contribution is -2.09. The van der Waals surface area contributed by atoms with Gasteiger partial charge in [0.15, 0.2) is 9.84 Å². The van der Waals surface area contributed by atoms with Crippen LogP contribution in [0.25, 0.3) is 0 Å². The molecule has 21 heavy (non-hydrogen) atoms. The highest BCUT2D eigenvalue weighted by Crippen LogP contribution is 2.23. The minimum Gasteiger partial charge on any atom is -0.384 e. The van der Waals surface area contributed by atoms with Crippen molar-refractivity contribution in [2.75, 3.05) is 18.1 Å². The average Bonchev–Trinajstić information content (AvgIpc) is 2.42. The van der Waals surface area contributed by atoms with E-state index in [2.05, 4.69) is 21.2 Å². The molecule has 112 valence electrons. The summed E-state index contributed by atoms with van der Waals surface area (Å²) in [4.78, 5) is 0.315. The van der Waals surface area contributed by atoms with Crippen LogP contribution in [0.2, 0.25) is 5.02 Å². The van der Waals surface area contributed by atoms with Gasteiger partial charge in [0.1, 0.15) is 0 Å². The fourth-order valence-electron chi connectivity index (χ4n) is 2.00. The van der Waals surface area contributed by atoms with E-state index < -0.39 is 9.84 Å². The van der Waals surface area contributed by atoms with Gasteiger partial charge in [0, 0.05) is 22.3 Å². The SMILES string of the molecule is CS(=O)(=O)c1ccccc1NCCc1cc(Cl)ccc1Br. The predicted octanol–water partition coefficient (Wildman–Crippen LogP) is 4.16. The van der Waals surface area contributed by atoms with Crippen molar-refractivity contribution in [2.45, 2.75) is 11.3 Å². The maximum absolute atomic E-state index is 11.7. The quantitative estimate of drug-likeness (QED) is 0.836. The number of anilines is 1. The van der Waals surface area contributed by atoms with E-state index in [9.17, 15) is 8.42 Å². The number of para-hydroxylation sites is 1. The van der Waals surface area contributed by atoms with Gasteiger partial charge in [0.05, 0.1) is 10.6 Å². The zero-order chi connectivity index (χ0) is 15.5. The molecule has 1 N–H and O–H groups in total. The van der Waals surface area contributed by atoms with Gasteiger partial charge in [0.2, 0.25) is 0 Å². The number of rotatable bonds is 5. The Morgan fingerprint density at radius 3 is 2.62 bits per heavy atom. The summed E-state index contributed by atoms with van der Waals surface area (Å²) < 4.78 is 24.4. The maximum Gasteiger partial charge on any atom is 0.177 e. The molecule has 0 saturated carbocycles. The summed E-state index contributed by atoms with van der Waals surface area (Å²) >= 11 is 9.46. The van der Waals surface area contributed by atoms with Gasteiger partial charge < -0.3 is 5.32 Å². The minimum atomic E-state index is -3.24. The van der Waals surface area contributed by atoms with Gasteiger partial charge in [-0.15, -0.1) is 0 Å². The molecule has 0 spiro atoms. The summed E-state index contributed by atoms with van der Waals surface area (Å²) in [6.07, 6.45) is 1.94. The maximum atomic E-state index is 11.7. The van der Waals surface area contributed by atoms with Crippen LogP contribution in [0, 0.1) is 0 Å². The molecule has 2 aromatic rings. The molecule has 0 aliphatic heterocycles. The van der Waals surface area contributed by atoms with Crippen molar-refractivity contribution >= 4 is 43.1 Å². The van der Waals surface area contributed by atoms with Crippen molar-refractivity contribution in [3.05, 3.63) is 57.5 Å². The second-order valence-electron chi connectivity index (χ2n) is 4.68. The molecule has 0 atom stereocenters. The van der Waals surface area contributed by atoms with Gasteiger partial charge in [0.25, 0.3) is 0 Å². The molecule has 0 bridgehead atoms. The molecule has 0 aliphatic carbocycles. The Labute approximate surface area is 138 Å². The number of hydrogen-bond acceptors (Lipinski definition) is 3. The van der Waals surface area contributed by atoms with Crippen LogP contribution in [0.3, 0.4) is 0 Å². The minimum absolute atomic E-state index is 0.315. The second-order valence-corrected chi connectivity index (χ2v) is 7.96. The lowest BCUT2D eigenvalue weighted by atomic mass is 10.1. The molecule has 0 heterocycles. The highest BCUT2D eigenvalue weighted by atomic mass is 79.9. The molecular weight excluding hydrogens is 374 g/mol. The van der Waals surface area contributed by atoms with Crippen LogP contribution in [-0.2, 0) is 16.3 Å². The lowest BCUT2D eigenvalue weighted by molar-refractivity contribution is 0.602. The molecule has 0 saturated heterocycles. The van der Waals surface area contributed by atoms with Crippen molar-refractivity contribution in [2.24, 2.45) is 0 Å². The van der Waals surface area contributed by atoms with Crippen LogP contribution in [0.4, 0.5) is 5.69 Å². The highest BCUT2D eigenvalue weighted by molar-refractivity contribution is 9.10. The van der Waals surface area contributed by atoms with E-state index in [1.54, 1.807) is 18.2 Å². The van der Waals surface area contributed by atoms with Crippen LogP contribution in [-0.4, -0.2) is 21.2 Å². The molecule has 0 unspecified atom stereocenters. The Morgan fingerprint density at radius 2 is 1.90 bits per heavy atom. The highest BCUT2D eigenvalue weighted by Gasteiger charge is 2.12. The van der Waals surface area contributed by atoms with Crippen LogP contribution in [0.5, 0.6) is 0 Å². The zero-order valence-corrected chi connectivity index (χ0v) is 14.6. The van der Waals surface area contributed by atoms with Gasteiger partial charge >= 0.3 is 0 Å². The van der Waals surface area contributed by atoms with Crippen molar-refractivity contribution in [1.82, 2.24) is 0 Å². The van der Waals surface area contributed by atoms with E-state index in [1.807, 2.05) is 24.3 Å². The summed E-state index contributed by atoms with van der Waals surface area (Å²) in [6.45, 7) is 0.617. The Balaban J connectivity index is 2.09. The first-order valence-electron chi connectivity index (χ1n) is 6.35. The molecule has 2 rings (SSSR count). The Hall–Kier alpha value is -1.04. The summed E-state index contributed by atoms with van der Waals surface area (Å²) in [5, 5.41) is 3.86. The first-order valence-corrected chi connectivity index (χ1v) is 9.41. The molecule has 2 aromatic carbocycles. The van der Waals surface area contributed by atoms with Gasteiger partial charge in [-0.1, -0.05) is 39.7 Å². The number of nitrogens with one attached hydrogen (secondary N) is 1. The van der Waals surface area contributed by atoms with E-state index in [1.165, 1.54) is 6.26 Å². The topological polar surface area (TPSA) is 46.2 Å². The molecule has 6 heteroatoms. The lowest BCUT2D eigenvalue weighted by Gasteiger charge is -2.11.